The third-order valence-corrected chi connectivity index (χ3v) is 2.18. The van der Waals surface area contributed by atoms with Crippen LogP contribution in [0.25, 0.3) is 0 Å². The van der Waals surface area contributed by atoms with Crippen molar-refractivity contribution in [1.82, 2.24) is 15.0 Å². The van der Waals surface area contributed by atoms with Crippen molar-refractivity contribution in [1.29, 1.82) is 0 Å². The number of methoxy groups -OCH3 is 1. The Labute approximate surface area is 111 Å². The van der Waals surface area contributed by atoms with Crippen LogP contribution in [0.1, 0.15) is 0 Å². The van der Waals surface area contributed by atoms with E-state index in [9.17, 15) is 13.2 Å². The number of ether oxygens (including phenoxy) is 1. The zero-order valence-corrected chi connectivity index (χ0v) is 10.1. The van der Waals surface area contributed by atoms with Crippen molar-refractivity contribution in [3.63, 3.8) is 0 Å². The monoisotopic (exact) mass is 286 g/mol. The molecule has 0 radical (unpaired) electrons. The van der Waals surface area contributed by atoms with Crippen molar-refractivity contribution in [3.05, 3.63) is 29.6 Å². The molecular formula is C10H9F3N6O. The summed E-state index contributed by atoms with van der Waals surface area (Å²) in [6, 6.07) is 0.938. The van der Waals surface area contributed by atoms with Crippen LogP contribution in [0.3, 0.4) is 0 Å². The van der Waals surface area contributed by atoms with Gasteiger partial charge in [0.25, 0.3) is 0 Å². The minimum absolute atomic E-state index is 0.0534. The highest BCUT2D eigenvalue weighted by atomic mass is 19.2. The third kappa shape index (κ3) is 2.85. The van der Waals surface area contributed by atoms with Crippen LogP contribution in [0.15, 0.2) is 12.1 Å². The smallest absolute Gasteiger partial charge is 0.322 e. The van der Waals surface area contributed by atoms with Crippen LogP contribution >= 0.6 is 0 Å². The quantitative estimate of drug-likeness (QED) is 0.443. The van der Waals surface area contributed by atoms with Crippen LogP contribution in [-0.2, 0) is 0 Å². The van der Waals surface area contributed by atoms with Crippen LogP contribution in [0.5, 0.6) is 6.01 Å². The molecule has 0 aliphatic carbocycles. The SMILES string of the molecule is COc1nc(NN)nc(Nc2cc(F)c(F)cc2F)n1. The summed E-state index contributed by atoms with van der Waals surface area (Å²) in [5.74, 6) is 1.40. The van der Waals surface area contributed by atoms with Gasteiger partial charge in [-0.2, -0.15) is 15.0 Å². The van der Waals surface area contributed by atoms with E-state index >= 15 is 0 Å². The van der Waals surface area contributed by atoms with Gasteiger partial charge in [-0.05, 0) is 0 Å². The second-order valence-corrected chi connectivity index (χ2v) is 3.48. The molecule has 10 heteroatoms. The first-order valence-corrected chi connectivity index (χ1v) is 5.21. The van der Waals surface area contributed by atoms with Crippen molar-refractivity contribution in [2.24, 2.45) is 5.84 Å². The highest BCUT2D eigenvalue weighted by Gasteiger charge is 2.12. The lowest BCUT2D eigenvalue weighted by Gasteiger charge is -2.08. The number of nitrogens with one attached hydrogen (secondary N) is 2. The van der Waals surface area contributed by atoms with Crippen LogP contribution in [-0.4, -0.2) is 22.1 Å². The molecule has 2 rings (SSSR count). The number of hydrazine groups is 1. The molecule has 7 nitrogen and oxygen atoms in total. The topological polar surface area (TPSA) is 98.0 Å². The number of nitrogen functional groups attached to an aromatic ring is 1. The van der Waals surface area contributed by atoms with Crippen molar-refractivity contribution in [3.8, 4) is 6.01 Å². The molecule has 0 saturated heterocycles. The minimum Gasteiger partial charge on any atom is -0.467 e. The number of rotatable bonds is 4. The number of nitrogens with two attached hydrogens (primary N) is 1. The van der Waals surface area contributed by atoms with E-state index in [1.807, 2.05) is 0 Å². The Bertz CT molecular complexity index is 616. The number of aromatic nitrogens is 3. The number of halogens is 3. The second kappa shape index (κ2) is 5.57. The van der Waals surface area contributed by atoms with Crippen LogP contribution in [0.2, 0.25) is 0 Å². The normalized spacial score (nSPS) is 10.2. The molecule has 0 unspecified atom stereocenters. The van der Waals surface area contributed by atoms with E-state index in [0.717, 1.165) is 0 Å². The van der Waals surface area contributed by atoms with Crippen LogP contribution in [0, 0.1) is 17.5 Å². The third-order valence-electron chi connectivity index (χ3n) is 2.18. The van der Waals surface area contributed by atoms with E-state index in [4.69, 9.17) is 10.6 Å². The Morgan fingerprint density at radius 2 is 1.65 bits per heavy atom. The highest BCUT2D eigenvalue weighted by molar-refractivity contribution is 5.55. The van der Waals surface area contributed by atoms with Gasteiger partial charge in [-0.25, -0.2) is 19.0 Å². The average molecular weight is 286 g/mol. The summed E-state index contributed by atoms with van der Waals surface area (Å²) in [4.78, 5) is 11.2. The summed E-state index contributed by atoms with van der Waals surface area (Å²) in [5, 5.41) is 2.37. The zero-order valence-electron chi connectivity index (χ0n) is 10.1. The molecule has 0 aliphatic rings. The number of benzene rings is 1. The average Bonchev–Trinajstić information content (AvgIpc) is 2.44. The minimum atomic E-state index is -1.30. The van der Waals surface area contributed by atoms with Crippen LogP contribution < -0.4 is 21.3 Å². The number of hydrogen-bond acceptors (Lipinski definition) is 7. The first-order chi connectivity index (χ1) is 9.53. The van der Waals surface area contributed by atoms with Gasteiger partial charge in [0, 0.05) is 12.1 Å². The largest absolute Gasteiger partial charge is 0.467 e. The van der Waals surface area contributed by atoms with E-state index in [1.165, 1.54) is 7.11 Å². The Hall–Kier alpha value is -2.62. The van der Waals surface area contributed by atoms with E-state index in [1.54, 1.807) is 0 Å². The molecule has 1 aromatic carbocycles. The molecule has 106 valence electrons. The summed E-state index contributed by atoms with van der Waals surface area (Å²) in [6.07, 6.45) is 0. The molecule has 1 aromatic heterocycles. The molecular weight excluding hydrogens is 277 g/mol. The summed E-state index contributed by atoms with van der Waals surface area (Å²) in [6.45, 7) is 0. The molecule has 0 bridgehead atoms. The number of nitrogens with zero attached hydrogens (tertiary/aromatic N) is 3. The van der Waals surface area contributed by atoms with Crippen molar-refractivity contribution in [2.75, 3.05) is 17.9 Å². The first kappa shape index (κ1) is 13.8. The fraction of sp³-hybridized carbons (Fsp3) is 0.100. The fourth-order valence-electron chi connectivity index (χ4n) is 1.31. The van der Waals surface area contributed by atoms with Gasteiger partial charge in [0.05, 0.1) is 12.8 Å². The molecule has 4 N–H and O–H groups in total. The Morgan fingerprint density at radius 1 is 1.00 bits per heavy atom. The van der Waals surface area contributed by atoms with Gasteiger partial charge in [0.1, 0.15) is 5.82 Å². The highest BCUT2D eigenvalue weighted by Crippen LogP contribution is 2.22. The zero-order chi connectivity index (χ0) is 14.7. The van der Waals surface area contributed by atoms with E-state index < -0.39 is 17.5 Å². The number of hydrogen-bond donors (Lipinski definition) is 3. The van der Waals surface area contributed by atoms with E-state index in [2.05, 4.69) is 25.7 Å². The van der Waals surface area contributed by atoms with Gasteiger partial charge in [-0.3, -0.25) is 5.43 Å². The van der Waals surface area contributed by atoms with Gasteiger partial charge in [-0.15, -0.1) is 0 Å². The van der Waals surface area contributed by atoms with Gasteiger partial charge >= 0.3 is 6.01 Å². The van der Waals surface area contributed by atoms with Crippen molar-refractivity contribution < 1.29 is 17.9 Å². The Morgan fingerprint density at radius 3 is 2.30 bits per heavy atom. The first-order valence-electron chi connectivity index (χ1n) is 5.21. The molecule has 0 fully saturated rings. The molecule has 20 heavy (non-hydrogen) atoms. The maximum absolute atomic E-state index is 13.5. The maximum Gasteiger partial charge on any atom is 0.322 e. The van der Waals surface area contributed by atoms with Crippen LogP contribution in [0.4, 0.5) is 30.8 Å². The lowest BCUT2D eigenvalue weighted by molar-refractivity contribution is 0.379. The lowest BCUT2D eigenvalue weighted by Crippen LogP contribution is -2.13. The lowest BCUT2D eigenvalue weighted by atomic mass is 10.3. The second-order valence-electron chi connectivity index (χ2n) is 3.48. The molecule has 0 atom stereocenters. The molecule has 0 aliphatic heterocycles. The van der Waals surface area contributed by atoms with Gasteiger partial charge in [0.2, 0.25) is 11.9 Å². The summed E-state index contributed by atoms with van der Waals surface area (Å²) in [7, 11) is 1.30. The summed E-state index contributed by atoms with van der Waals surface area (Å²) >= 11 is 0. The summed E-state index contributed by atoms with van der Waals surface area (Å²) < 4.78 is 44.1. The van der Waals surface area contributed by atoms with Gasteiger partial charge < -0.3 is 10.1 Å². The fourth-order valence-corrected chi connectivity index (χ4v) is 1.31. The maximum atomic E-state index is 13.5. The molecule has 0 saturated carbocycles. The predicted molar refractivity (Wildman–Crippen MR) is 63.8 cm³/mol. The van der Waals surface area contributed by atoms with E-state index in [-0.39, 0.29) is 23.6 Å². The molecule has 2 aromatic rings. The van der Waals surface area contributed by atoms with Gasteiger partial charge in [-0.1, -0.05) is 0 Å². The van der Waals surface area contributed by atoms with Crippen molar-refractivity contribution >= 4 is 17.6 Å². The standard InChI is InChI=1S/C10H9F3N6O/c1-20-10-17-8(16-9(18-10)19-14)15-7-3-5(12)4(11)2-6(7)13/h2-3H,14H2,1H3,(H2,15,16,17,18,19). The van der Waals surface area contributed by atoms with Gasteiger partial charge in [0.15, 0.2) is 11.6 Å². The Kier molecular flexibility index (Phi) is 3.84. The number of anilines is 3. The summed E-state index contributed by atoms with van der Waals surface area (Å²) in [5.41, 5.74) is 1.81. The van der Waals surface area contributed by atoms with E-state index in [0.29, 0.717) is 12.1 Å². The molecule has 0 amide bonds. The molecule has 1 heterocycles. The Balaban J connectivity index is 2.36. The molecule has 0 spiro atoms. The van der Waals surface area contributed by atoms with Crippen molar-refractivity contribution in [2.45, 2.75) is 0 Å². The predicted octanol–water partition coefficient (Wildman–Crippen LogP) is 1.33.